The van der Waals surface area contributed by atoms with E-state index in [1.807, 2.05) is 12.1 Å². The van der Waals surface area contributed by atoms with E-state index < -0.39 is 0 Å². The van der Waals surface area contributed by atoms with Gasteiger partial charge in [0.15, 0.2) is 0 Å². The van der Waals surface area contributed by atoms with Crippen LogP contribution in [0.5, 0.6) is 0 Å². The van der Waals surface area contributed by atoms with Gasteiger partial charge in [0.25, 0.3) is 0 Å². The molecular weight excluding hydrogens is 228 g/mol. The second-order valence-corrected chi connectivity index (χ2v) is 3.77. The molecule has 0 unspecified atom stereocenters. The monoisotopic (exact) mass is 240 g/mol. The second kappa shape index (κ2) is 5.20. The Bertz CT molecular complexity index is 305. The number of halogens is 1. The van der Waals surface area contributed by atoms with Gasteiger partial charge in [-0.1, -0.05) is 34.1 Å². The smallest absolute Gasteiger partial charge is 0.0649 e. The molecule has 1 nitrogen and oxygen atoms in total. The lowest BCUT2D eigenvalue weighted by atomic mass is 10.1. The molecule has 1 aromatic rings. The summed E-state index contributed by atoms with van der Waals surface area (Å²) in [4.78, 5) is 0. The van der Waals surface area contributed by atoms with E-state index in [9.17, 15) is 0 Å². The first-order chi connectivity index (χ1) is 6.24. The summed E-state index contributed by atoms with van der Waals surface area (Å²) in [5.41, 5.74) is 2.47. The molecule has 0 heterocycles. The van der Waals surface area contributed by atoms with E-state index >= 15 is 0 Å². The van der Waals surface area contributed by atoms with Crippen molar-refractivity contribution in [2.75, 3.05) is 13.7 Å². The molecule has 0 spiro atoms. The number of hydrogen-bond acceptors (Lipinski definition) is 1. The van der Waals surface area contributed by atoms with Crippen LogP contribution in [-0.2, 0) is 4.74 Å². The van der Waals surface area contributed by atoms with E-state index in [0.29, 0.717) is 6.61 Å². The van der Waals surface area contributed by atoms with Crippen LogP contribution in [0, 0.1) is 0 Å². The molecule has 0 saturated carbocycles. The van der Waals surface area contributed by atoms with Gasteiger partial charge in [0.1, 0.15) is 0 Å². The molecule has 0 aliphatic carbocycles. The van der Waals surface area contributed by atoms with Gasteiger partial charge in [-0.15, -0.1) is 0 Å². The molecule has 0 atom stereocenters. The van der Waals surface area contributed by atoms with Crippen LogP contribution < -0.4 is 0 Å². The zero-order valence-corrected chi connectivity index (χ0v) is 9.47. The lowest BCUT2D eigenvalue weighted by molar-refractivity contribution is 0.234. The van der Waals surface area contributed by atoms with Gasteiger partial charge in [0.2, 0.25) is 0 Å². The van der Waals surface area contributed by atoms with Gasteiger partial charge in [-0.05, 0) is 30.2 Å². The van der Waals surface area contributed by atoms with Crippen LogP contribution in [0.4, 0.5) is 0 Å². The summed E-state index contributed by atoms with van der Waals surface area (Å²) in [6, 6.07) is 8.24. The van der Waals surface area contributed by atoms with Gasteiger partial charge in [0.05, 0.1) is 6.61 Å². The van der Waals surface area contributed by atoms with Crippen molar-refractivity contribution in [2.45, 2.75) is 6.92 Å². The fourth-order valence-electron chi connectivity index (χ4n) is 1.06. The SMILES string of the molecule is COC/C=C(\C)c1cccc(Br)c1. The summed E-state index contributed by atoms with van der Waals surface area (Å²) >= 11 is 3.44. The molecule has 2 heteroatoms. The van der Waals surface area contributed by atoms with E-state index in [1.165, 1.54) is 11.1 Å². The van der Waals surface area contributed by atoms with Gasteiger partial charge >= 0.3 is 0 Å². The van der Waals surface area contributed by atoms with Gasteiger partial charge < -0.3 is 4.74 Å². The highest BCUT2D eigenvalue weighted by Gasteiger charge is 1.94. The minimum absolute atomic E-state index is 0.665. The fourth-order valence-corrected chi connectivity index (χ4v) is 1.46. The molecule has 0 aromatic heterocycles. The van der Waals surface area contributed by atoms with Crippen molar-refractivity contribution >= 4 is 21.5 Å². The highest BCUT2D eigenvalue weighted by Crippen LogP contribution is 2.18. The molecule has 0 radical (unpaired) electrons. The Kier molecular flexibility index (Phi) is 4.19. The highest BCUT2D eigenvalue weighted by molar-refractivity contribution is 9.10. The van der Waals surface area contributed by atoms with Crippen molar-refractivity contribution < 1.29 is 4.74 Å². The lowest BCUT2D eigenvalue weighted by Gasteiger charge is -2.01. The average molecular weight is 241 g/mol. The summed E-state index contributed by atoms with van der Waals surface area (Å²) in [6.07, 6.45) is 2.07. The molecule has 0 N–H and O–H groups in total. The summed E-state index contributed by atoms with van der Waals surface area (Å²) in [7, 11) is 1.70. The summed E-state index contributed by atoms with van der Waals surface area (Å²) in [5, 5.41) is 0. The number of methoxy groups -OCH3 is 1. The van der Waals surface area contributed by atoms with Gasteiger partial charge in [-0.3, -0.25) is 0 Å². The maximum atomic E-state index is 4.98. The highest BCUT2D eigenvalue weighted by atomic mass is 79.9. The van der Waals surface area contributed by atoms with E-state index in [0.717, 1.165) is 4.47 Å². The molecule has 13 heavy (non-hydrogen) atoms. The molecule has 0 aliphatic rings. The van der Waals surface area contributed by atoms with Gasteiger partial charge in [0, 0.05) is 11.6 Å². The Labute approximate surface area is 87.5 Å². The van der Waals surface area contributed by atoms with Crippen LogP contribution in [-0.4, -0.2) is 13.7 Å². The predicted molar refractivity (Wildman–Crippen MR) is 59.7 cm³/mol. The van der Waals surface area contributed by atoms with E-state index in [-0.39, 0.29) is 0 Å². The Morgan fingerprint density at radius 2 is 2.31 bits per heavy atom. The fraction of sp³-hybridized carbons (Fsp3) is 0.273. The van der Waals surface area contributed by atoms with Crippen molar-refractivity contribution in [1.82, 2.24) is 0 Å². The molecule has 0 amide bonds. The van der Waals surface area contributed by atoms with Crippen LogP contribution in [0.1, 0.15) is 12.5 Å². The first kappa shape index (κ1) is 10.5. The Balaban J connectivity index is 2.82. The first-order valence-electron chi connectivity index (χ1n) is 4.15. The topological polar surface area (TPSA) is 9.23 Å². The average Bonchev–Trinajstić information content (AvgIpc) is 2.14. The standard InChI is InChI=1S/C11H13BrO/c1-9(6-7-13-2)10-4-3-5-11(12)8-10/h3-6,8H,7H2,1-2H3/b9-6+. The maximum absolute atomic E-state index is 4.98. The number of ether oxygens (including phenoxy) is 1. The van der Waals surface area contributed by atoms with Crippen LogP contribution in [0.3, 0.4) is 0 Å². The Morgan fingerprint density at radius 1 is 1.54 bits per heavy atom. The number of allylic oxidation sites excluding steroid dienone is 1. The molecule has 0 saturated heterocycles. The van der Waals surface area contributed by atoms with Crippen LogP contribution >= 0.6 is 15.9 Å². The Morgan fingerprint density at radius 3 is 2.92 bits per heavy atom. The van der Waals surface area contributed by atoms with E-state index in [4.69, 9.17) is 4.74 Å². The summed E-state index contributed by atoms with van der Waals surface area (Å²) < 4.78 is 6.08. The molecule has 1 rings (SSSR count). The molecule has 0 aliphatic heterocycles. The second-order valence-electron chi connectivity index (χ2n) is 2.85. The van der Waals surface area contributed by atoms with E-state index in [1.54, 1.807) is 7.11 Å². The molecule has 70 valence electrons. The summed E-state index contributed by atoms with van der Waals surface area (Å²) in [5.74, 6) is 0. The third-order valence-electron chi connectivity index (χ3n) is 1.84. The van der Waals surface area contributed by atoms with Crippen molar-refractivity contribution in [3.05, 3.63) is 40.4 Å². The number of rotatable bonds is 3. The minimum atomic E-state index is 0.665. The van der Waals surface area contributed by atoms with Crippen molar-refractivity contribution in [3.63, 3.8) is 0 Å². The Hall–Kier alpha value is -0.600. The van der Waals surface area contributed by atoms with Crippen molar-refractivity contribution in [1.29, 1.82) is 0 Å². The molecule has 1 aromatic carbocycles. The van der Waals surface area contributed by atoms with Gasteiger partial charge in [-0.25, -0.2) is 0 Å². The first-order valence-corrected chi connectivity index (χ1v) is 4.95. The number of hydrogen-bond donors (Lipinski definition) is 0. The molecule has 0 bridgehead atoms. The zero-order chi connectivity index (χ0) is 9.68. The zero-order valence-electron chi connectivity index (χ0n) is 7.88. The van der Waals surface area contributed by atoms with Crippen molar-refractivity contribution in [2.24, 2.45) is 0 Å². The van der Waals surface area contributed by atoms with Gasteiger partial charge in [-0.2, -0.15) is 0 Å². The quantitative estimate of drug-likeness (QED) is 0.786. The molecular formula is C11H13BrO. The lowest BCUT2D eigenvalue weighted by Crippen LogP contribution is -1.85. The largest absolute Gasteiger partial charge is 0.381 e. The summed E-state index contributed by atoms with van der Waals surface area (Å²) in [6.45, 7) is 2.75. The van der Waals surface area contributed by atoms with Crippen LogP contribution in [0.2, 0.25) is 0 Å². The van der Waals surface area contributed by atoms with E-state index in [2.05, 4.69) is 41.1 Å². The predicted octanol–water partition coefficient (Wildman–Crippen LogP) is 3.50. The maximum Gasteiger partial charge on any atom is 0.0649 e. The molecule has 0 fully saturated rings. The van der Waals surface area contributed by atoms with Crippen LogP contribution in [0.25, 0.3) is 5.57 Å². The third kappa shape index (κ3) is 3.33. The van der Waals surface area contributed by atoms with Crippen molar-refractivity contribution in [3.8, 4) is 0 Å². The normalized spacial score (nSPS) is 11.8. The minimum Gasteiger partial charge on any atom is -0.381 e. The number of benzene rings is 1. The third-order valence-corrected chi connectivity index (χ3v) is 2.33. The van der Waals surface area contributed by atoms with Crippen LogP contribution in [0.15, 0.2) is 34.8 Å².